The Balaban J connectivity index is 2.02. The molecule has 0 bridgehead atoms. The summed E-state index contributed by atoms with van der Waals surface area (Å²) in [5.74, 6) is 2.42. The molecule has 1 aromatic carbocycles. The smallest absolute Gasteiger partial charge is 0.133 e. The molecule has 0 aromatic heterocycles. The van der Waals surface area contributed by atoms with Crippen molar-refractivity contribution in [2.75, 3.05) is 13.7 Å². The highest BCUT2D eigenvalue weighted by atomic mass is 79.9. The van der Waals surface area contributed by atoms with Crippen LogP contribution in [0.5, 0.6) is 5.75 Å². The maximum Gasteiger partial charge on any atom is 0.133 e. The minimum Gasteiger partial charge on any atom is -0.496 e. The zero-order valence-electron chi connectivity index (χ0n) is 9.58. The molecule has 88 valence electrons. The molecule has 1 aromatic rings. The average molecular weight is 284 g/mol. The van der Waals surface area contributed by atoms with Gasteiger partial charge in [0.15, 0.2) is 0 Å². The molecule has 0 radical (unpaired) electrons. The van der Waals surface area contributed by atoms with Gasteiger partial charge in [0.05, 0.1) is 11.6 Å². The summed E-state index contributed by atoms with van der Waals surface area (Å²) in [4.78, 5) is 0. The van der Waals surface area contributed by atoms with Gasteiger partial charge >= 0.3 is 0 Å². The Morgan fingerprint density at radius 2 is 2.12 bits per heavy atom. The molecule has 0 spiro atoms. The average Bonchev–Trinajstić information content (AvgIpc) is 2.25. The second-order valence-electron chi connectivity index (χ2n) is 4.51. The van der Waals surface area contributed by atoms with Crippen molar-refractivity contribution in [1.29, 1.82) is 0 Å². The summed E-state index contributed by atoms with van der Waals surface area (Å²) in [6.07, 6.45) is 3.77. The minimum absolute atomic E-state index is 0.737. The van der Waals surface area contributed by atoms with Crippen LogP contribution in [0.15, 0.2) is 22.7 Å². The van der Waals surface area contributed by atoms with Crippen molar-refractivity contribution in [2.24, 2.45) is 17.6 Å². The maximum absolute atomic E-state index is 5.72. The van der Waals surface area contributed by atoms with Crippen LogP contribution in [0.4, 0.5) is 0 Å². The molecule has 1 fully saturated rings. The molecule has 1 aliphatic rings. The monoisotopic (exact) mass is 283 g/mol. The lowest BCUT2D eigenvalue weighted by Crippen LogP contribution is -2.33. The fourth-order valence-corrected chi connectivity index (χ4v) is 2.94. The number of benzene rings is 1. The summed E-state index contributed by atoms with van der Waals surface area (Å²) < 4.78 is 6.26. The SMILES string of the molecule is COc1ccc(CC2CCC2CN)cc1Br. The molecule has 2 N–H and O–H groups in total. The zero-order chi connectivity index (χ0) is 11.5. The van der Waals surface area contributed by atoms with Gasteiger partial charge in [-0.05, 0) is 71.3 Å². The number of hydrogen-bond donors (Lipinski definition) is 1. The summed E-state index contributed by atoms with van der Waals surface area (Å²) >= 11 is 3.52. The third kappa shape index (κ3) is 2.41. The fourth-order valence-electron chi connectivity index (χ4n) is 2.36. The summed E-state index contributed by atoms with van der Waals surface area (Å²) in [6.45, 7) is 0.835. The van der Waals surface area contributed by atoms with Crippen LogP contribution in [0.1, 0.15) is 18.4 Å². The molecule has 1 aliphatic carbocycles. The molecular formula is C13H18BrNO. The summed E-state index contributed by atoms with van der Waals surface area (Å²) in [5, 5.41) is 0. The third-order valence-electron chi connectivity index (χ3n) is 3.59. The Morgan fingerprint density at radius 1 is 1.38 bits per heavy atom. The van der Waals surface area contributed by atoms with E-state index in [-0.39, 0.29) is 0 Å². The second-order valence-corrected chi connectivity index (χ2v) is 5.36. The normalized spacial score (nSPS) is 23.9. The second kappa shape index (κ2) is 5.19. The van der Waals surface area contributed by atoms with Crippen molar-refractivity contribution in [2.45, 2.75) is 19.3 Å². The van der Waals surface area contributed by atoms with Gasteiger partial charge in [0.1, 0.15) is 5.75 Å². The van der Waals surface area contributed by atoms with Gasteiger partial charge in [0, 0.05) is 0 Å². The van der Waals surface area contributed by atoms with E-state index >= 15 is 0 Å². The van der Waals surface area contributed by atoms with Gasteiger partial charge in [-0.3, -0.25) is 0 Å². The van der Waals surface area contributed by atoms with Crippen LogP contribution in [0.25, 0.3) is 0 Å². The molecule has 0 amide bonds. The molecule has 2 unspecified atom stereocenters. The van der Waals surface area contributed by atoms with E-state index in [1.807, 2.05) is 6.07 Å². The number of nitrogens with two attached hydrogens (primary N) is 1. The first-order valence-electron chi connectivity index (χ1n) is 5.77. The fraction of sp³-hybridized carbons (Fsp3) is 0.538. The van der Waals surface area contributed by atoms with Crippen LogP contribution in [0.2, 0.25) is 0 Å². The van der Waals surface area contributed by atoms with E-state index < -0.39 is 0 Å². The first kappa shape index (κ1) is 11.9. The van der Waals surface area contributed by atoms with Crippen LogP contribution < -0.4 is 10.5 Å². The van der Waals surface area contributed by atoms with E-state index in [1.54, 1.807) is 7.11 Å². The lowest BCUT2D eigenvalue weighted by atomic mass is 9.71. The van der Waals surface area contributed by atoms with E-state index in [0.29, 0.717) is 0 Å². The van der Waals surface area contributed by atoms with Crippen LogP contribution in [-0.2, 0) is 6.42 Å². The highest BCUT2D eigenvalue weighted by Crippen LogP contribution is 2.37. The van der Waals surface area contributed by atoms with Gasteiger partial charge in [-0.1, -0.05) is 6.07 Å². The van der Waals surface area contributed by atoms with Gasteiger partial charge in [-0.2, -0.15) is 0 Å². The molecule has 2 rings (SSSR count). The highest BCUT2D eigenvalue weighted by Gasteiger charge is 2.29. The Labute approximate surface area is 105 Å². The Morgan fingerprint density at radius 3 is 2.62 bits per heavy atom. The van der Waals surface area contributed by atoms with Crippen LogP contribution in [-0.4, -0.2) is 13.7 Å². The van der Waals surface area contributed by atoms with Crippen molar-refractivity contribution in [3.8, 4) is 5.75 Å². The molecule has 2 nitrogen and oxygen atoms in total. The summed E-state index contributed by atoms with van der Waals surface area (Å²) in [5.41, 5.74) is 7.10. The molecule has 2 atom stereocenters. The van der Waals surface area contributed by atoms with Gasteiger partial charge in [-0.25, -0.2) is 0 Å². The lowest BCUT2D eigenvalue weighted by Gasteiger charge is -2.36. The third-order valence-corrected chi connectivity index (χ3v) is 4.21. The van der Waals surface area contributed by atoms with E-state index in [1.165, 1.54) is 18.4 Å². The molecule has 16 heavy (non-hydrogen) atoms. The minimum atomic E-state index is 0.737. The van der Waals surface area contributed by atoms with Crippen molar-refractivity contribution in [3.63, 3.8) is 0 Å². The first-order chi connectivity index (χ1) is 7.74. The van der Waals surface area contributed by atoms with E-state index in [9.17, 15) is 0 Å². The predicted octanol–water partition coefficient (Wildman–Crippen LogP) is 2.99. The molecule has 0 saturated heterocycles. The van der Waals surface area contributed by atoms with Crippen LogP contribution in [0, 0.1) is 11.8 Å². The predicted molar refractivity (Wildman–Crippen MR) is 69.7 cm³/mol. The number of ether oxygens (including phenoxy) is 1. The standard InChI is InChI=1S/C13H18BrNO/c1-16-13-5-2-9(7-12(13)14)6-10-3-4-11(10)8-15/h2,5,7,10-11H,3-4,6,8,15H2,1H3. The largest absolute Gasteiger partial charge is 0.496 e. The zero-order valence-corrected chi connectivity index (χ0v) is 11.2. The van der Waals surface area contributed by atoms with Crippen molar-refractivity contribution in [3.05, 3.63) is 28.2 Å². The van der Waals surface area contributed by atoms with Crippen molar-refractivity contribution in [1.82, 2.24) is 0 Å². The van der Waals surface area contributed by atoms with Crippen LogP contribution in [0.3, 0.4) is 0 Å². The highest BCUT2D eigenvalue weighted by molar-refractivity contribution is 9.10. The van der Waals surface area contributed by atoms with Crippen molar-refractivity contribution < 1.29 is 4.74 Å². The summed E-state index contributed by atoms with van der Waals surface area (Å²) in [6, 6.07) is 6.33. The maximum atomic E-state index is 5.72. The number of hydrogen-bond acceptors (Lipinski definition) is 2. The Bertz CT molecular complexity index is 365. The number of halogens is 1. The van der Waals surface area contributed by atoms with Gasteiger partial charge in [0.2, 0.25) is 0 Å². The topological polar surface area (TPSA) is 35.2 Å². The molecular weight excluding hydrogens is 266 g/mol. The lowest BCUT2D eigenvalue weighted by molar-refractivity contribution is 0.183. The van der Waals surface area contributed by atoms with E-state index in [2.05, 4.69) is 28.1 Å². The van der Waals surface area contributed by atoms with Gasteiger partial charge in [-0.15, -0.1) is 0 Å². The first-order valence-corrected chi connectivity index (χ1v) is 6.56. The number of methoxy groups -OCH3 is 1. The Kier molecular flexibility index (Phi) is 3.87. The van der Waals surface area contributed by atoms with E-state index in [4.69, 9.17) is 10.5 Å². The molecule has 3 heteroatoms. The van der Waals surface area contributed by atoms with Gasteiger partial charge in [0.25, 0.3) is 0 Å². The summed E-state index contributed by atoms with van der Waals surface area (Å²) in [7, 11) is 1.69. The van der Waals surface area contributed by atoms with E-state index in [0.717, 1.165) is 35.0 Å². The molecule has 0 aliphatic heterocycles. The number of rotatable bonds is 4. The Hall–Kier alpha value is -0.540. The quantitative estimate of drug-likeness (QED) is 0.922. The van der Waals surface area contributed by atoms with Gasteiger partial charge < -0.3 is 10.5 Å². The van der Waals surface area contributed by atoms with Crippen LogP contribution >= 0.6 is 15.9 Å². The molecule has 0 heterocycles. The van der Waals surface area contributed by atoms with Crippen molar-refractivity contribution >= 4 is 15.9 Å². The molecule has 1 saturated carbocycles.